The summed E-state index contributed by atoms with van der Waals surface area (Å²) in [6.45, 7) is 1.16. The SMILES string of the molecule is COc1cc(CCNC(=O)CCc2nc3cccnc3n2Cc2ccccc2)cc(OC)c1OC. The molecular formula is C27H30N4O4. The van der Waals surface area contributed by atoms with E-state index in [1.807, 2.05) is 42.5 Å². The summed E-state index contributed by atoms with van der Waals surface area (Å²) in [4.78, 5) is 21.9. The fourth-order valence-corrected chi connectivity index (χ4v) is 4.07. The summed E-state index contributed by atoms with van der Waals surface area (Å²) in [5.74, 6) is 2.57. The highest BCUT2D eigenvalue weighted by Crippen LogP contribution is 2.38. The summed E-state index contributed by atoms with van der Waals surface area (Å²) in [7, 11) is 4.75. The number of methoxy groups -OCH3 is 3. The van der Waals surface area contributed by atoms with Crippen LogP contribution in [0.5, 0.6) is 17.2 Å². The van der Waals surface area contributed by atoms with Crippen molar-refractivity contribution in [1.29, 1.82) is 0 Å². The summed E-state index contributed by atoms with van der Waals surface area (Å²) in [6, 6.07) is 17.8. The first-order chi connectivity index (χ1) is 17.1. The van der Waals surface area contributed by atoms with Crippen LogP contribution < -0.4 is 19.5 Å². The van der Waals surface area contributed by atoms with Crippen molar-refractivity contribution < 1.29 is 19.0 Å². The molecule has 4 aromatic rings. The van der Waals surface area contributed by atoms with Crippen molar-refractivity contribution in [3.8, 4) is 17.2 Å². The highest BCUT2D eigenvalue weighted by molar-refractivity contribution is 5.76. The Morgan fingerprint density at radius 2 is 1.66 bits per heavy atom. The van der Waals surface area contributed by atoms with Crippen LogP contribution in [-0.2, 0) is 24.2 Å². The first-order valence-corrected chi connectivity index (χ1v) is 11.5. The van der Waals surface area contributed by atoms with Gasteiger partial charge in [0.15, 0.2) is 17.1 Å². The molecule has 8 heteroatoms. The molecule has 0 radical (unpaired) electrons. The first kappa shape index (κ1) is 24.1. The van der Waals surface area contributed by atoms with Crippen molar-refractivity contribution in [2.75, 3.05) is 27.9 Å². The average molecular weight is 475 g/mol. The van der Waals surface area contributed by atoms with Gasteiger partial charge in [0, 0.05) is 25.6 Å². The molecule has 2 heterocycles. The number of amides is 1. The predicted octanol–water partition coefficient (Wildman–Crippen LogP) is 3.80. The molecule has 0 fully saturated rings. The van der Waals surface area contributed by atoms with Gasteiger partial charge in [-0.15, -0.1) is 0 Å². The molecule has 2 aromatic heterocycles. The van der Waals surface area contributed by atoms with E-state index in [1.54, 1.807) is 27.5 Å². The van der Waals surface area contributed by atoms with Gasteiger partial charge in [-0.3, -0.25) is 4.79 Å². The molecule has 0 unspecified atom stereocenters. The highest BCUT2D eigenvalue weighted by atomic mass is 16.5. The second-order valence-corrected chi connectivity index (χ2v) is 8.08. The number of aryl methyl sites for hydroxylation is 1. The molecule has 0 aliphatic carbocycles. The Morgan fingerprint density at radius 1 is 0.914 bits per heavy atom. The van der Waals surface area contributed by atoms with Crippen LogP contribution in [0.25, 0.3) is 11.2 Å². The first-order valence-electron chi connectivity index (χ1n) is 11.5. The molecule has 35 heavy (non-hydrogen) atoms. The lowest BCUT2D eigenvalue weighted by Gasteiger charge is -2.14. The van der Waals surface area contributed by atoms with E-state index in [2.05, 4.69) is 27.0 Å². The van der Waals surface area contributed by atoms with E-state index in [9.17, 15) is 4.79 Å². The smallest absolute Gasteiger partial charge is 0.220 e. The Labute approximate surface area is 204 Å². The molecule has 8 nitrogen and oxygen atoms in total. The second-order valence-electron chi connectivity index (χ2n) is 8.08. The van der Waals surface area contributed by atoms with Crippen LogP contribution in [0, 0.1) is 0 Å². The lowest BCUT2D eigenvalue weighted by molar-refractivity contribution is -0.121. The maximum Gasteiger partial charge on any atom is 0.220 e. The minimum Gasteiger partial charge on any atom is -0.493 e. The Bertz CT molecular complexity index is 1260. The summed E-state index contributed by atoms with van der Waals surface area (Å²) in [5, 5.41) is 3.00. The zero-order chi connectivity index (χ0) is 24.6. The number of hydrogen-bond acceptors (Lipinski definition) is 6. The zero-order valence-corrected chi connectivity index (χ0v) is 20.3. The van der Waals surface area contributed by atoms with Crippen LogP contribution in [-0.4, -0.2) is 48.3 Å². The molecule has 1 N–H and O–H groups in total. The number of carbonyl (C=O) groups is 1. The van der Waals surface area contributed by atoms with Crippen LogP contribution in [0.15, 0.2) is 60.8 Å². The maximum atomic E-state index is 12.6. The van der Waals surface area contributed by atoms with Crippen molar-refractivity contribution in [3.63, 3.8) is 0 Å². The Morgan fingerprint density at radius 3 is 2.34 bits per heavy atom. The number of rotatable bonds is 11. The molecule has 0 aliphatic heterocycles. The second kappa shape index (κ2) is 11.4. The molecule has 0 bridgehead atoms. The number of fused-ring (bicyclic) bond motifs is 1. The topological polar surface area (TPSA) is 87.5 Å². The van der Waals surface area contributed by atoms with E-state index in [0.717, 1.165) is 28.1 Å². The number of imidazole rings is 1. The van der Waals surface area contributed by atoms with E-state index in [0.29, 0.717) is 49.6 Å². The van der Waals surface area contributed by atoms with E-state index in [1.165, 1.54) is 0 Å². The van der Waals surface area contributed by atoms with Crippen molar-refractivity contribution in [1.82, 2.24) is 19.9 Å². The van der Waals surface area contributed by atoms with Gasteiger partial charge in [0.2, 0.25) is 11.7 Å². The largest absolute Gasteiger partial charge is 0.493 e. The number of ether oxygens (including phenoxy) is 3. The molecule has 182 valence electrons. The van der Waals surface area contributed by atoms with Crippen molar-refractivity contribution in [2.24, 2.45) is 0 Å². The van der Waals surface area contributed by atoms with Crippen LogP contribution in [0.3, 0.4) is 0 Å². The quantitative estimate of drug-likeness (QED) is 0.356. The summed E-state index contributed by atoms with van der Waals surface area (Å²) in [6.07, 6.45) is 3.27. The van der Waals surface area contributed by atoms with Gasteiger partial charge in [0.05, 0.1) is 27.9 Å². The third-order valence-corrected chi connectivity index (χ3v) is 5.80. The number of nitrogens with one attached hydrogen (secondary N) is 1. The van der Waals surface area contributed by atoms with Crippen LogP contribution in [0.1, 0.15) is 23.4 Å². The van der Waals surface area contributed by atoms with Crippen molar-refractivity contribution in [3.05, 3.63) is 77.7 Å². The Kier molecular flexibility index (Phi) is 7.82. The normalized spacial score (nSPS) is 10.8. The number of benzene rings is 2. The number of nitrogens with zero attached hydrogens (tertiary/aromatic N) is 3. The van der Waals surface area contributed by atoms with Gasteiger partial charge in [-0.05, 0) is 41.8 Å². The van der Waals surface area contributed by atoms with Crippen LogP contribution in [0.2, 0.25) is 0 Å². The van der Waals surface area contributed by atoms with Crippen LogP contribution in [0.4, 0.5) is 0 Å². The van der Waals surface area contributed by atoms with Crippen LogP contribution >= 0.6 is 0 Å². The minimum atomic E-state index is -0.0243. The standard InChI is InChI=1S/C27H30N4O4/c1-33-22-16-20(17-23(34-2)26(22)35-3)13-15-28-25(32)12-11-24-30-21-10-7-14-29-27(21)31(24)18-19-8-5-4-6-9-19/h4-10,14,16-17H,11-13,15,18H2,1-3H3,(H,28,32). The number of carbonyl (C=O) groups excluding carboxylic acids is 1. The van der Waals surface area contributed by atoms with Crippen molar-refractivity contribution >= 4 is 17.1 Å². The molecule has 2 aromatic carbocycles. The fourth-order valence-electron chi connectivity index (χ4n) is 4.07. The van der Waals surface area contributed by atoms with E-state index < -0.39 is 0 Å². The summed E-state index contributed by atoms with van der Waals surface area (Å²) >= 11 is 0. The van der Waals surface area contributed by atoms with Gasteiger partial charge in [0.25, 0.3) is 0 Å². The third-order valence-electron chi connectivity index (χ3n) is 5.80. The van der Waals surface area contributed by atoms with Gasteiger partial charge in [-0.25, -0.2) is 9.97 Å². The summed E-state index contributed by atoms with van der Waals surface area (Å²) < 4.78 is 18.3. The van der Waals surface area contributed by atoms with E-state index in [-0.39, 0.29) is 5.91 Å². The maximum absolute atomic E-state index is 12.6. The lowest BCUT2D eigenvalue weighted by Crippen LogP contribution is -2.26. The van der Waals surface area contributed by atoms with Gasteiger partial charge in [-0.1, -0.05) is 30.3 Å². The summed E-state index contributed by atoms with van der Waals surface area (Å²) in [5.41, 5.74) is 3.81. The molecule has 0 aliphatic rings. The monoisotopic (exact) mass is 474 g/mol. The molecule has 0 saturated carbocycles. The average Bonchev–Trinajstić information content (AvgIpc) is 3.24. The van der Waals surface area contributed by atoms with Crippen molar-refractivity contribution in [2.45, 2.75) is 25.8 Å². The molecule has 0 atom stereocenters. The minimum absolute atomic E-state index is 0.0243. The molecule has 4 rings (SSSR count). The predicted molar refractivity (Wildman–Crippen MR) is 134 cm³/mol. The number of pyridine rings is 1. The molecule has 0 spiro atoms. The van der Waals surface area contributed by atoms with Gasteiger partial charge >= 0.3 is 0 Å². The number of aromatic nitrogens is 3. The van der Waals surface area contributed by atoms with Gasteiger partial charge in [-0.2, -0.15) is 0 Å². The molecular weight excluding hydrogens is 444 g/mol. The highest BCUT2D eigenvalue weighted by Gasteiger charge is 2.15. The lowest BCUT2D eigenvalue weighted by atomic mass is 10.1. The molecule has 1 amide bonds. The van der Waals surface area contributed by atoms with Gasteiger partial charge < -0.3 is 24.1 Å². The number of hydrogen-bond donors (Lipinski definition) is 1. The Balaban J connectivity index is 1.38. The van der Waals surface area contributed by atoms with E-state index in [4.69, 9.17) is 19.2 Å². The zero-order valence-electron chi connectivity index (χ0n) is 20.3. The Hall–Kier alpha value is -4.07. The molecule has 0 saturated heterocycles. The fraction of sp³-hybridized carbons (Fsp3) is 0.296. The third kappa shape index (κ3) is 5.71. The van der Waals surface area contributed by atoms with Gasteiger partial charge in [0.1, 0.15) is 11.3 Å². The van der Waals surface area contributed by atoms with E-state index >= 15 is 0 Å².